The zero-order valence-corrected chi connectivity index (χ0v) is 19.3. The minimum Gasteiger partial charge on any atom is -0.464 e. The SMILES string of the molecule is Cc1cccc(C(Cc2ccc(Cl)cn2)C(C)CC(=O)C(C)(C)Oc2ccccn2)c1. The van der Waals surface area contributed by atoms with E-state index in [-0.39, 0.29) is 17.6 Å². The van der Waals surface area contributed by atoms with Gasteiger partial charge in [-0.2, -0.15) is 0 Å². The first-order valence-corrected chi connectivity index (χ1v) is 10.9. The summed E-state index contributed by atoms with van der Waals surface area (Å²) in [5.41, 5.74) is 2.40. The molecule has 2 atom stereocenters. The molecule has 0 saturated carbocycles. The van der Waals surface area contributed by atoms with Crippen molar-refractivity contribution in [1.29, 1.82) is 0 Å². The first-order valence-electron chi connectivity index (χ1n) is 10.5. The van der Waals surface area contributed by atoms with Crippen LogP contribution in [-0.4, -0.2) is 21.4 Å². The van der Waals surface area contributed by atoms with Crippen molar-refractivity contribution in [1.82, 2.24) is 9.97 Å². The summed E-state index contributed by atoms with van der Waals surface area (Å²) in [5.74, 6) is 0.739. The van der Waals surface area contributed by atoms with Crippen LogP contribution in [0.3, 0.4) is 0 Å². The van der Waals surface area contributed by atoms with Crippen LogP contribution in [-0.2, 0) is 11.2 Å². The van der Waals surface area contributed by atoms with Crippen molar-refractivity contribution in [3.05, 3.63) is 88.8 Å². The van der Waals surface area contributed by atoms with E-state index >= 15 is 0 Å². The maximum Gasteiger partial charge on any atom is 0.214 e. The van der Waals surface area contributed by atoms with Crippen LogP contribution in [0, 0.1) is 12.8 Å². The van der Waals surface area contributed by atoms with Gasteiger partial charge in [-0.3, -0.25) is 9.78 Å². The highest BCUT2D eigenvalue weighted by atomic mass is 35.5. The molecular formula is C26H29ClN2O2. The highest BCUT2D eigenvalue weighted by Crippen LogP contribution is 2.33. The molecule has 0 spiro atoms. The third-order valence-electron chi connectivity index (χ3n) is 5.55. The molecule has 162 valence electrons. The van der Waals surface area contributed by atoms with Crippen molar-refractivity contribution in [2.24, 2.45) is 5.92 Å². The lowest BCUT2D eigenvalue weighted by Gasteiger charge is -2.29. The molecule has 0 aliphatic carbocycles. The summed E-state index contributed by atoms with van der Waals surface area (Å²) in [6.07, 6.45) is 4.46. The normalized spacial score (nSPS) is 13.5. The van der Waals surface area contributed by atoms with E-state index < -0.39 is 5.60 Å². The zero-order chi connectivity index (χ0) is 22.4. The maximum atomic E-state index is 13.2. The summed E-state index contributed by atoms with van der Waals surface area (Å²) >= 11 is 6.01. The van der Waals surface area contributed by atoms with Crippen molar-refractivity contribution in [2.45, 2.75) is 52.1 Å². The van der Waals surface area contributed by atoms with Crippen LogP contribution in [0.25, 0.3) is 0 Å². The fraction of sp³-hybridized carbons (Fsp3) is 0.346. The monoisotopic (exact) mass is 436 g/mol. The van der Waals surface area contributed by atoms with E-state index in [2.05, 4.69) is 48.1 Å². The van der Waals surface area contributed by atoms with Gasteiger partial charge in [0.25, 0.3) is 0 Å². The Morgan fingerprint density at radius 2 is 1.90 bits per heavy atom. The molecule has 2 unspecified atom stereocenters. The highest BCUT2D eigenvalue weighted by Gasteiger charge is 2.33. The predicted molar refractivity (Wildman–Crippen MR) is 125 cm³/mol. The van der Waals surface area contributed by atoms with E-state index in [4.69, 9.17) is 16.3 Å². The number of hydrogen-bond acceptors (Lipinski definition) is 4. The van der Waals surface area contributed by atoms with Gasteiger partial charge < -0.3 is 4.74 Å². The van der Waals surface area contributed by atoms with Crippen LogP contribution in [0.5, 0.6) is 5.88 Å². The number of halogens is 1. The third-order valence-corrected chi connectivity index (χ3v) is 5.77. The molecule has 31 heavy (non-hydrogen) atoms. The van der Waals surface area contributed by atoms with Gasteiger partial charge in [-0.05, 0) is 62.8 Å². The van der Waals surface area contributed by atoms with Crippen LogP contribution in [0.15, 0.2) is 67.0 Å². The Bertz CT molecular complexity index is 1000. The molecule has 5 heteroatoms. The molecule has 2 heterocycles. The second kappa shape index (κ2) is 10.1. The van der Waals surface area contributed by atoms with Crippen LogP contribution < -0.4 is 4.74 Å². The molecule has 0 aliphatic rings. The van der Waals surface area contributed by atoms with E-state index in [1.54, 1.807) is 32.3 Å². The summed E-state index contributed by atoms with van der Waals surface area (Å²) < 4.78 is 5.91. The molecule has 1 aromatic carbocycles. The number of Topliss-reactive ketones (excluding diaryl/α,β-unsaturated/α-hetero) is 1. The molecule has 0 aliphatic heterocycles. The second-order valence-corrected chi connectivity index (χ2v) is 9.01. The molecule has 4 nitrogen and oxygen atoms in total. The van der Waals surface area contributed by atoms with E-state index in [1.165, 1.54) is 11.1 Å². The standard InChI is InChI=1S/C26H29ClN2O2/c1-18-8-7-9-20(14-18)23(16-22-12-11-21(27)17-29-22)19(2)15-24(30)26(3,4)31-25-10-5-6-13-28-25/h5-14,17,19,23H,15-16H2,1-4H3. The Morgan fingerprint density at radius 3 is 2.55 bits per heavy atom. The Balaban J connectivity index is 1.79. The van der Waals surface area contributed by atoms with E-state index in [9.17, 15) is 4.79 Å². The van der Waals surface area contributed by atoms with Crippen LogP contribution in [0.1, 0.15) is 49.9 Å². The van der Waals surface area contributed by atoms with Gasteiger partial charge in [-0.15, -0.1) is 0 Å². The number of benzene rings is 1. The van der Waals surface area contributed by atoms with Crippen molar-refractivity contribution < 1.29 is 9.53 Å². The average molecular weight is 437 g/mol. The number of carbonyl (C=O) groups excluding carboxylic acids is 1. The topological polar surface area (TPSA) is 52.1 Å². The lowest BCUT2D eigenvalue weighted by molar-refractivity contribution is -0.133. The number of ether oxygens (including phenoxy) is 1. The van der Waals surface area contributed by atoms with Gasteiger partial charge in [-0.1, -0.05) is 54.4 Å². The van der Waals surface area contributed by atoms with Gasteiger partial charge in [0.05, 0.1) is 5.02 Å². The lowest BCUT2D eigenvalue weighted by Crippen LogP contribution is -2.39. The molecule has 0 saturated heterocycles. The van der Waals surface area contributed by atoms with Gasteiger partial charge in [0.2, 0.25) is 5.88 Å². The van der Waals surface area contributed by atoms with Crippen molar-refractivity contribution >= 4 is 17.4 Å². The predicted octanol–water partition coefficient (Wildman–Crippen LogP) is 6.22. The number of hydrogen-bond donors (Lipinski definition) is 0. The third kappa shape index (κ3) is 6.38. The summed E-state index contributed by atoms with van der Waals surface area (Å²) in [6, 6.07) is 17.7. The molecule has 2 aromatic heterocycles. The lowest BCUT2D eigenvalue weighted by atomic mass is 9.79. The van der Waals surface area contributed by atoms with Gasteiger partial charge in [-0.25, -0.2) is 4.98 Å². The Labute approximate surface area is 189 Å². The summed E-state index contributed by atoms with van der Waals surface area (Å²) in [6.45, 7) is 7.82. The van der Waals surface area contributed by atoms with Crippen molar-refractivity contribution in [3.8, 4) is 5.88 Å². The first-order chi connectivity index (χ1) is 14.7. The number of pyridine rings is 2. The van der Waals surface area contributed by atoms with E-state index in [0.717, 1.165) is 12.1 Å². The number of rotatable bonds is 9. The first kappa shape index (κ1) is 23.0. The largest absolute Gasteiger partial charge is 0.464 e. The fourth-order valence-electron chi connectivity index (χ4n) is 3.71. The molecule has 0 N–H and O–H groups in total. The number of carbonyl (C=O) groups is 1. The average Bonchev–Trinajstić information content (AvgIpc) is 2.73. The van der Waals surface area contributed by atoms with Gasteiger partial charge in [0, 0.05) is 30.6 Å². The quantitative estimate of drug-likeness (QED) is 0.399. The van der Waals surface area contributed by atoms with Crippen LogP contribution in [0.2, 0.25) is 5.02 Å². The highest BCUT2D eigenvalue weighted by molar-refractivity contribution is 6.30. The summed E-state index contributed by atoms with van der Waals surface area (Å²) in [4.78, 5) is 21.9. The van der Waals surface area contributed by atoms with Crippen LogP contribution in [0.4, 0.5) is 0 Å². The molecular weight excluding hydrogens is 408 g/mol. The molecule has 0 amide bonds. The number of aromatic nitrogens is 2. The van der Waals surface area contributed by atoms with Crippen molar-refractivity contribution in [3.63, 3.8) is 0 Å². The number of nitrogens with zero attached hydrogens (tertiary/aromatic N) is 2. The van der Waals surface area contributed by atoms with E-state index in [0.29, 0.717) is 17.3 Å². The summed E-state index contributed by atoms with van der Waals surface area (Å²) in [7, 11) is 0. The van der Waals surface area contributed by atoms with Gasteiger partial charge >= 0.3 is 0 Å². The Morgan fingerprint density at radius 1 is 1.10 bits per heavy atom. The molecule has 3 rings (SSSR count). The minimum atomic E-state index is -0.960. The Kier molecular flexibility index (Phi) is 7.45. The number of ketones is 1. The Hall–Kier alpha value is -2.72. The van der Waals surface area contributed by atoms with E-state index in [1.807, 2.05) is 24.3 Å². The molecule has 0 fully saturated rings. The van der Waals surface area contributed by atoms with Crippen molar-refractivity contribution in [2.75, 3.05) is 0 Å². The maximum absolute atomic E-state index is 13.2. The smallest absolute Gasteiger partial charge is 0.214 e. The van der Waals surface area contributed by atoms with Gasteiger partial charge in [0.15, 0.2) is 11.4 Å². The fourth-order valence-corrected chi connectivity index (χ4v) is 3.82. The van der Waals surface area contributed by atoms with Crippen LogP contribution >= 0.6 is 11.6 Å². The number of aryl methyl sites for hydroxylation is 1. The summed E-state index contributed by atoms with van der Waals surface area (Å²) in [5, 5.41) is 0.618. The zero-order valence-electron chi connectivity index (χ0n) is 18.5. The van der Waals surface area contributed by atoms with Gasteiger partial charge in [0.1, 0.15) is 0 Å². The molecule has 0 radical (unpaired) electrons. The molecule has 3 aromatic rings. The second-order valence-electron chi connectivity index (χ2n) is 8.58. The molecule has 0 bridgehead atoms. The minimum absolute atomic E-state index is 0.0485.